The van der Waals surface area contributed by atoms with Gasteiger partial charge in [0, 0.05) is 29.9 Å². The van der Waals surface area contributed by atoms with E-state index in [-0.39, 0.29) is 13.2 Å². The molecule has 0 amide bonds. The molecule has 170 valence electrons. The van der Waals surface area contributed by atoms with E-state index in [1.165, 1.54) is 0 Å². The lowest BCUT2D eigenvalue weighted by Gasteiger charge is -2.31. The highest BCUT2D eigenvalue weighted by molar-refractivity contribution is 5.74. The fraction of sp³-hybridized carbons (Fsp3) is 0.391. The number of ether oxygens (including phenoxy) is 1. The Labute approximate surface area is 186 Å². The number of benzene rings is 2. The van der Waals surface area contributed by atoms with Crippen molar-refractivity contribution in [3.05, 3.63) is 42.0 Å². The van der Waals surface area contributed by atoms with Crippen LogP contribution in [0.1, 0.15) is 18.9 Å². The minimum Gasteiger partial charge on any atom is -0.491 e. The number of nitrogen functional groups attached to an aromatic ring is 1. The van der Waals surface area contributed by atoms with Crippen LogP contribution in [0.2, 0.25) is 0 Å². The molecule has 0 atom stereocenters. The highest BCUT2D eigenvalue weighted by Gasteiger charge is 2.31. The zero-order chi connectivity index (χ0) is 22.7. The van der Waals surface area contributed by atoms with Crippen LogP contribution in [0.5, 0.6) is 5.75 Å². The largest absolute Gasteiger partial charge is 0.491 e. The second-order valence-electron chi connectivity index (χ2n) is 8.18. The van der Waals surface area contributed by atoms with Gasteiger partial charge in [-0.15, -0.1) is 0 Å². The third-order valence-corrected chi connectivity index (χ3v) is 5.64. The molecule has 9 nitrogen and oxygen atoms in total. The molecule has 4 rings (SSSR count). The van der Waals surface area contributed by atoms with Crippen LogP contribution >= 0.6 is 0 Å². The van der Waals surface area contributed by atoms with Crippen LogP contribution in [0.25, 0.3) is 22.8 Å². The molecule has 0 aliphatic carbocycles. The summed E-state index contributed by atoms with van der Waals surface area (Å²) in [5, 5.41) is 23.3. The van der Waals surface area contributed by atoms with E-state index in [1.807, 2.05) is 37.3 Å². The molecule has 0 bridgehead atoms. The highest BCUT2D eigenvalue weighted by Crippen LogP contribution is 2.36. The fourth-order valence-corrected chi connectivity index (χ4v) is 3.88. The Morgan fingerprint density at radius 2 is 2.03 bits per heavy atom. The molecule has 6 N–H and O–H groups in total. The Morgan fingerprint density at radius 1 is 1.22 bits per heavy atom. The Balaban J connectivity index is 1.59. The minimum atomic E-state index is -1.07. The van der Waals surface area contributed by atoms with Crippen molar-refractivity contribution in [1.29, 1.82) is 0 Å². The van der Waals surface area contributed by atoms with Gasteiger partial charge in [0.05, 0.1) is 31.0 Å². The maximum Gasteiger partial charge on any atom is 0.258 e. The molecule has 1 aliphatic heterocycles. The summed E-state index contributed by atoms with van der Waals surface area (Å²) in [6, 6.07) is 11.3. The average Bonchev–Trinajstić information content (AvgIpc) is 3.46. The highest BCUT2D eigenvalue weighted by atomic mass is 16.5. The molecule has 0 saturated carbocycles. The SMILES string of the molecule is CCCOc1ccc(-c2nc(-c3cccc4c3CCN4CC(N)(CO)CO)no2)cc1N. The van der Waals surface area contributed by atoms with Gasteiger partial charge in [-0.1, -0.05) is 24.2 Å². The Morgan fingerprint density at radius 3 is 2.75 bits per heavy atom. The Bertz CT molecular complexity index is 1080. The molecule has 1 aromatic heterocycles. The molecule has 32 heavy (non-hydrogen) atoms. The number of nitrogens with two attached hydrogens (primary N) is 2. The van der Waals surface area contributed by atoms with Gasteiger partial charge in [-0.3, -0.25) is 0 Å². The minimum absolute atomic E-state index is 0.297. The first-order chi connectivity index (χ1) is 15.5. The van der Waals surface area contributed by atoms with E-state index in [0.29, 0.717) is 36.3 Å². The van der Waals surface area contributed by atoms with Crippen molar-refractivity contribution in [2.24, 2.45) is 5.73 Å². The predicted octanol–water partition coefficient (Wildman–Crippen LogP) is 1.82. The van der Waals surface area contributed by atoms with Crippen molar-refractivity contribution >= 4 is 11.4 Å². The first-order valence-corrected chi connectivity index (χ1v) is 10.7. The maximum absolute atomic E-state index is 9.56. The molecule has 2 aromatic carbocycles. The lowest BCUT2D eigenvalue weighted by molar-refractivity contribution is 0.125. The van der Waals surface area contributed by atoms with Crippen molar-refractivity contribution in [3.8, 4) is 28.6 Å². The predicted molar refractivity (Wildman–Crippen MR) is 122 cm³/mol. The van der Waals surface area contributed by atoms with Gasteiger partial charge in [0.2, 0.25) is 5.82 Å². The third-order valence-electron chi connectivity index (χ3n) is 5.64. The molecule has 0 saturated heterocycles. The van der Waals surface area contributed by atoms with Crippen molar-refractivity contribution in [3.63, 3.8) is 0 Å². The van der Waals surface area contributed by atoms with Crippen LogP contribution < -0.4 is 21.1 Å². The van der Waals surface area contributed by atoms with Gasteiger partial charge in [-0.05, 0) is 42.7 Å². The number of nitrogens with zero attached hydrogens (tertiary/aromatic N) is 3. The monoisotopic (exact) mass is 439 g/mol. The van der Waals surface area contributed by atoms with Crippen LogP contribution in [0.15, 0.2) is 40.9 Å². The topological polar surface area (TPSA) is 144 Å². The van der Waals surface area contributed by atoms with Gasteiger partial charge in [-0.25, -0.2) is 0 Å². The molecule has 1 aliphatic rings. The molecule has 0 unspecified atom stereocenters. The number of aromatic nitrogens is 2. The molecule has 0 spiro atoms. The number of fused-ring (bicyclic) bond motifs is 1. The first kappa shape index (κ1) is 22.1. The van der Waals surface area contributed by atoms with E-state index in [2.05, 4.69) is 15.0 Å². The van der Waals surface area contributed by atoms with Crippen molar-refractivity contribution in [2.75, 3.05) is 43.5 Å². The van der Waals surface area contributed by atoms with Crippen molar-refractivity contribution < 1.29 is 19.5 Å². The van der Waals surface area contributed by atoms with E-state index in [4.69, 9.17) is 20.7 Å². The lowest BCUT2D eigenvalue weighted by atomic mass is 10.0. The number of hydrogen-bond donors (Lipinski definition) is 4. The van der Waals surface area contributed by atoms with Gasteiger partial charge in [0.15, 0.2) is 0 Å². The number of rotatable bonds is 9. The number of anilines is 2. The fourth-order valence-electron chi connectivity index (χ4n) is 3.88. The normalized spacial score (nSPS) is 13.4. The quantitative estimate of drug-likeness (QED) is 0.367. The number of hydrogen-bond acceptors (Lipinski definition) is 9. The molecule has 0 radical (unpaired) electrons. The van der Waals surface area contributed by atoms with Gasteiger partial charge in [0.25, 0.3) is 5.89 Å². The molecular weight excluding hydrogens is 410 g/mol. The average molecular weight is 440 g/mol. The number of aliphatic hydroxyl groups excluding tert-OH is 2. The summed E-state index contributed by atoms with van der Waals surface area (Å²) in [6.07, 6.45) is 1.68. The molecule has 2 heterocycles. The third kappa shape index (κ3) is 4.27. The summed E-state index contributed by atoms with van der Waals surface area (Å²) in [4.78, 5) is 6.67. The van der Waals surface area contributed by atoms with Crippen LogP contribution in [-0.2, 0) is 6.42 Å². The van der Waals surface area contributed by atoms with Crippen LogP contribution in [0.4, 0.5) is 11.4 Å². The maximum atomic E-state index is 9.56. The van der Waals surface area contributed by atoms with E-state index in [0.717, 1.165) is 41.8 Å². The van der Waals surface area contributed by atoms with Gasteiger partial charge >= 0.3 is 0 Å². The van der Waals surface area contributed by atoms with E-state index in [1.54, 1.807) is 6.07 Å². The molecular formula is C23H29N5O4. The summed E-state index contributed by atoms with van der Waals surface area (Å²) in [5.41, 5.74) is 15.3. The van der Waals surface area contributed by atoms with Crippen LogP contribution in [0.3, 0.4) is 0 Å². The second kappa shape index (κ2) is 9.15. The van der Waals surface area contributed by atoms with Crippen molar-refractivity contribution in [1.82, 2.24) is 10.1 Å². The van der Waals surface area contributed by atoms with E-state index in [9.17, 15) is 10.2 Å². The van der Waals surface area contributed by atoms with E-state index >= 15 is 0 Å². The molecule has 0 fully saturated rings. The van der Waals surface area contributed by atoms with Crippen LogP contribution in [-0.4, -0.2) is 58.8 Å². The summed E-state index contributed by atoms with van der Waals surface area (Å²) in [7, 11) is 0. The Hall–Kier alpha value is -3.14. The smallest absolute Gasteiger partial charge is 0.258 e. The standard InChI is InChI=1S/C23H29N5O4/c1-2-10-31-20-7-6-15(11-18(20)24)22-26-21(27-32-22)17-4-3-5-19-16(17)8-9-28(19)12-23(25,13-29)14-30/h3-7,11,29-30H,2,8-10,12-14,24-25H2,1H3. The van der Waals surface area contributed by atoms with Gasteiger partial charge in [0.1, 0.15) is 5.75 Å². The van der Waals surface area contributed by atoms with Crippen LogP contribution in [0, 0.1) is 0 Å². The zero-order valence-electron chi connectivity index (χ0n) is 18.1. The Kier molecular flexibility index (Phi) is 6.31. The lowest BCUT2D eigenvalue weighted by Crippen LogP contribution is -2.55. The van der Waals surface area contributed by atoms with Crippen molar-refractivity contribution in [2.45, 2.75) is 25.3 Å². The second-order valence-corrected chi connectivity index (χ2v) is 8.18. The zero-order valence-corrected chi connectivity index (χ0v) is 18.1. The first-order valence-electron chi connectivity index (χ1n) is 10.7. The molecule has 9 heteroatoms. The number of aliphatic hydroxyl groups is 2. The molecule has 3 aromatic rings. The summed E-state index contributed by atoms with van der Waals surface area (Å²) in [5.74, 6) is 1.51. The summed E-state index contributed by atoms with van der Waals surface area (Å²) in [6.45, 7) is 3.12. The summed E-state index contributed by atoms with van der Waals surface area (Å²) < 4.78 is 11.2. The van der Waals surface area contributed by atoms with E-state index < -0.39 is 5.54 Å². The van der Waals surface area contributed by atoms with Gasteiger partial charge < -0.3 is 35.8 Å². The summed E-state index contributed by atoms with van der Waals surface area (Å²) >= 11 is 0. The van der Waals surface area contributed by atoms with Gasteiger partial charge in [-0.2, -0.15) is 4.98 Å².